The van der Waals surface area contributed by atoms with Gasteiger partial charge in [0.2, 0.25) is 0 Å². The van der Waals surface area contributed by atoms with Crippen molar-refractivity contribution in [3.8, 4) is 0 Å². The van der Waals surface area contributed by atoms with E-state index in [1.165, 1.54) is 36.0 Å². The maximum atomic E-state index is 4.06. The molecule has 0 saturated heterocycles. The van der Waals surface area contributed by atoms with Crippen LogP contribution in [0.1, 0.15) is 28.8 Å². The molecule has 0 atom stereocenters. The van der Waals surface area contributed by atoms with Gasteiger partial charge < -0.3 is 5.32 Å². The van der Waals surface area contributed by atoms with Crippen molar-refractivity contribution in [2.45, 2.75) is 32.4 Å². The molecule has 0 amide bonds. The van der Waals surface area contributed by atoms with E-state index in [4.69, 9.17) is 0 Å². The molecule has 0 spiro atoms. The van der Waals surface area contributed by atoms with Gasteiger partial charge in [-0.2, -0.15) is 10.2 Å². The molecule has 1 aromatic heterocycles. The van der Waals surface area contributed by atoms with Crippen molar-refractivity contribution in [1.29, 1.82) is 0 Å². The Hall–Kier alpha value is -1.74. The second-order valence-electron chi connectivity index (χ2n) is 4.78. The molecule has 1 heterocycles. The van der Waals surface area contributed by atoms with Gasteiger partial charge in [-0.3, -0.25) is 0 Å². The summed E-state index contributed by atoms with van der Waals surface area (Å²) in [5, 5.41) is 11.3. The van der Waals surface area contributed by atoms with Gasteiger partial charge in [-0.25, -0.2) is 0 Å². The topological polar surface area (TPSA) is 37.8 Å². The Morgan fingerprint density at radius 2 is 2.00 bits per heavy atom. The Bertz CT molecular complexity index is 523. The fourth-order valence-corrected chi connectivity index (χ4v) is 2.50. The molecule has 1 aliphatic rings. The van der Waals surface area contributed by atoms with Gasteiger partial charge in [-0.15, -0.1) is 0 Å². The summed E-state index contributed by atoms with van der Waals surface area (Å²) >= 11 is 0. The zero-order valence-corrected chi connectivity index (χ0v) is 10.4. The summed E-state index contributed by atoms with van der Waals surface area (Å²) in [5.41, 5.74) is 5.42. The zero-order chi connectivity index (χ0) is 12.2. The highest BCUT2D eigenvalue weighted by atomic mass is 15.1. The van der Waals surface area contributed by atoms with Crippen LogP contribution in [0.4, 0.5) is 0 Å². The molecule has 0 fully saturated rings. The molecule has 2 aromatic rings. The Morgan fingerprint density at radius 3 is 2.89 bits per heavy atom. The lowest BCUT2D eigenvalue weighted by atomic mass is 10.1. The van der Waals surface area contributed by atoms with Crippen LogP contribution >= 0.6 is 0 Å². The van der Waals surface area contributed by atoms with E-state index in [0.29, 0.717) is 0 Å². The standard InChI is InChI=1S/C15H17N3/c1-3-13-7-6-12(9-14(13)4-1)10-16-11-15-5-2-8-17-18-15/h2,5-9,16H,1,3-4,10-11H2. The van der Waals surface area contributed by atoms with Gasteiger partial charge in [0, 0.05) is 19.3 Å². The molecule has 3 nitrogen and oxygen atoms in total. The third-order valence-electron chi connectivity index (χ3n) is 3.43. The van der Waals surface area contributed by atoms with Crippen molar-refractivity contribution in [2.75, 3.05) is 0 Å². The molecule has 0 unspecified atom stereocenters. The summed E-state index contributed by atoms with van der Waals surface area (Å²) < 4.78 is 0. The van der Waals surface area contributed by atoms with Crippen LogP contribution in [-0.4, -0.2) is 10.2 Å². The summed E-state index contributed by atoms with van der Waals surface area (Å²) in [7, 11) is 0. The van der Waals surface area contributed by atoms with Crippen molar-refractivity contribution in [1.82, 2.24) is 15.5 Å². The maximum absolute atomic E-state index is 4.06. The van der Waals surface area contributed by atoms with Gasteiger partial charge in [-0.05, 0) is 48.1 Å². The molecule has 0 bridgehead atoms. The first-order valence-electron chi connectivity index (χ1n) is 6.50. The van der Waals surface area contributed by atoms with Crippen molar-refractivity contribution in [3.63, 3.8) is 0 Å². The first-order valence-corrected chi connectivity index (χ1v) is 6.50. The lowest BCUT2D eigenvalue weighted by Gasteiger charge is -2.06. The van der Waals surface area contributed by atoms with E-state index in [0.717, 1.165) is 18.8 Å². The number of nitrogens with zero attached hydrogens (tertiary/aromatic N) is 2. The van der Waals surface area contributed by atoms with E-state index in [1.54, 1.807) is 6.20 Å². The zero-order valence-electron chi connectivity index (χ0n) is 10.4. The van der Waals surface area contributed by atoms with Crippen molar-refractivity contribution in [3.05, 3.63) is 58.9 Å². The number of hydrogen-bond acceptors (Lipinski definition) is 3. The molecule has 1 N–H and O–H groups in total. The molecule has 0 radical (unpaired) electrons. The van der Waals surface area contributed by atoms with Crippen molar-refractivity contribution in [2.24, 2.45) is 0 Å². The van der Waals surface area contributed by atoms with Gasteiger partial charge in [0.05, 0.1) is 5.69 Å². The van der Waals surface area contributed by atoms with Crippen LogP contribution in [0.5, 0.6) is 0 Å². The van der Waals surface area contributed by atoms with Crippen LogP contribution in [0.2, 0.25) is 0 Å². The van der Waals surface area contributed by atoms with Gasteiger partial charge in [0.1, 0.15) is 0 Å². The third kappa shape index (κ3) is 2.57. The van der Waals surface area contributed by atoms with E-state index < -0.39 is 0 Å². The van der Waals surface area contributed by atoms with Crippen LogP contribution in [0.15, 0.2) is 36.5 Å². The monoisotopic (exact) mass is 239 g/mol. The molecule has 0 saturated carbocycles. The number of rotatable bonds is 4. The molecule has 3 rings (SSSR count). The third-order valence-corrected chi connectivity index (χ3v) is 3.43. The van der Waals surface area contributed by atoms with Gasteiger partial charge in [-0.1, -0.05) is 18.2 Å². The van der Waals surface area contributed by atoms with E-state index in [2.05, 4.69) is 33.7 Å². The summed E-state index contributed by atoms with van der Waals surface area (Å²) in [4.78, 5) is 0. The number of benzene rings is 1. The summed E-state index contributed by atoms with van der Waals surface area (Å²) in [6.45, 7) is 1.66. The minimum Gasteiger partial charge on any atom is -0.307 e. The Balaban J connectivity index is 1.57. The van der Waals surface area contributed by atoms with Crippen molar-refractivity contribution >= 4 is 0 Å². The van der Waals surface area contributed by atoms with E-state index in [-0.39, 0.29) is 0 Å². The molecular weight excluding hydrogens is 222 g/mol. The average molecular weight is 239 g/mol. The normalized spacial score (nSPS) is 13.6. The Labute approximate surface area is 107 Å². The first-order chi connectivity index (χ1) is 8.92. The first kappa shape index (κ1) is 11.4. The van der Waals surface area contributed by atoms with Crippen molar-refractivity contribution < 1.29 is 0 Å². The molecule has 92 valence electrons. The lowest BCUT2D eigenvalue weighted by molar-refractivity contribution is 0.669. The number of aryl methyl sites for hydroxylation is 2. The summed E-state index contributed by atoms with van der Waals surface area (Å²) in [6, 6.07) is 10.8. The Kier molecular flexibility index (Phi) is 3.33. The number of nitrogens with one attached hydrogen (secondary N) is 1. The molecule has 18 heavy (non-hydrogen) atoms. The highest BCUT2D eigenvalue weighted by Crippen LogP contribution is 2.22. The molecule has 0 aliphatic heterocycles. The van der Waals surface area contributed by atoms with Gasteiger partial charge >= 0.3 is 0 Å². The fraction of sp³-hybridized carbons (Fsp3) is 0.333. The molecular formula is C15H17N3. The van der Waals surface area contributed by atoms with Crippen LogP contribution in [-0.2, 0) is 25.9 Å². The van der Waals surface area contributed by atoms with E-state index in [1.807, 2.05) is 12.1 Å². The lowest BCUT2D eigenvalue weighted by Crippen LogP contribution is -2.14. The van der Waals surface area contributed by atoms with Crippen LogP contribution in [0.3, 0.4) is 0 Å². The molecule has 3 heteroatoms. The fourth-order valence-electron chi connectivity index (χ4n) is 2.50. The quantitative estimate of drug-likeness (QED) is 0.889. The van der Waals surface area contributed by atoms with Crippen LogP contribution < -0.4 is 5.32 Å². The predicted molar refractivity (Wildman–Crippen MR) is 71.0 cm³/mol. The molecule has 1 aromatic carbocycles. The Morgan fingerprint density at radius 1 is 1.06 bits per heavy atom. The van der Waals surface area contributed by atoms with Crippen LogP contribution in [0, 0.1) is 0 Å². The number of fused-ring (bicyclic) bond motifs is 1. The highest BCUT2D eigenvalue weighted by molar-refractivity contribution is 5.35. The minimum atomic E-state index is 0.769. The second kappa shape index (κ2) is 5.27. The van der Waals surface area contributed by atoms with Crippen LogP contribution in [0.25, 0.3) is 0 Å². The number of hydrogen-bond donors (Lipinski definition) is 1. The van der Waals surface area contributed by atoms with Gasteiger partial charge in [0.25, 0.3) is 0 Å². The smallest absolute Gasteiger partial charge is 0.0769 e. The van der Waals surface area contributed by atoms with E-state index >= 15 is 0 Å². The second-order valence-corrected chi connectivity index (χ2v) is 4.78. The summed E-state index contributed by atoms with van der Waals surface area (Å²) in [6.07, 6.45) is 5.51. The SMILES string of the molecule is c1cnnc(CNCc2ccc3c(c2)CCC3)c1. The van der Waals surface area contributed by atoms with E-state index in [9.17, 15) is 0 Å². The minimum absolute atomic E-state index is 0.769. The molecule has 1 aliphatic carbocycles. The highest BCUT2D eigenvalue weighted by Gasteiger charge is 2.10. The largest absolute Gasteiger partial charge is 0.307 e. The predicted octanol–water partition coefficient (Wildman–Crippen LogP) is 2.26. The van der Waals surface area contributed by atoms with Gasteiger partial charge in [0.15, 0.2) is 0 Å². The number of aromatic nitrogens is 2. The maximum Gasteiger partial charge on any atom is 0.0769 e. The average Bonchev–Trinajstić information content (AvgIpc) is 2.87. The summed E-state index contributed by atoms with van der Waals surface area (Å²) in [5.74, 6) is 0.